The zero-order valence-electron chi connectivity index (χ0n) is 11.9. The van der Waals surface area contributed by atoms with Crippen molar-refractivity contribution in [2.75, 3.05) is 5.32 Å². The fraction of sp³-hybridized carbons (Fsp3) is 0.692. The zero-order valence-corrected chi connectivity index (χ0v) is 11.9. The van der Waals surface area contributed by atoms with Crippen LogP contribution in [0.2, 0.25) is 0 Å². The first-order chi connectivity index (χ1) is 8.36. The lowest BCUT2D eigenvalue weighted by Crippen LogP contribution is -2.27. The minimum absolute atomic E-state index is 0.105. The molecule has 0 saturated carbocycles. The van der Waals surface area contributed by atoms with Gasteiger partial charge in [-0.15, -0.1) is 0 Å². The predicted octanol–water partition coefficient (Wildman–Crippen LogP) is 2.11. The summed E-state index contributed by atoms with van der Waals surface area (Å²) in [4.78, 5) is 8.68. The Kier molecular flexibility index (Phi) is 5.34. The summed E-state index contributed by atoms with van der Waals surface area (Å²) < 4.78 is 5.58. The van der Waals surface area contributed by atoms with Crippen LogP contribution in [0.25, 0.3) is 0 Å². The van der Waals surface area contributed by atoms with Crippen LogP contribution in [0.3, 0.4) is 0 Å². The topological polar surface area (TPSA) is 73.1 Å². The standard InChI is InChI=1S/C13H24N4O/c1-8(2)18-12-7-11(5)16-13(17-12)15-10(4)6-9(3)14/h7-10H,6,14H2,1-5H3,(H,15,16,17). The lowest BCUT2D eigenvalue weighted by Gasteiger charge is -2.17. The van der Waals surface area contributed by atoms with E-state index in [1.54, 1.807) is 0 Å². The number of nitrogens with one attached hydrogen (secondary N) is 1. The molecule has 0 aliphatic heterocycles. The molecule has 5 nitrogen and oxygen atoms in total. The smallest absolute Gasteiger partial charge is 0.226 e. The molecule has 3 N–H and O–H groups in total. The highest BCUT2D eigenvalue weighted by Crippen LogP contribution is 2.14. The summed E-state index contributed by atoms with van der Waals surface area (Å²) in [5.74, 6) is 1.20. The lowest BCUT2D eigenvalue weighted by atomic mass is 10.1. The second-order valence-corrected chi connectivity index (χ2v) is 5.10. The van der Waals surface area contributed by atoms with E-state index >= 15 is 0 Å². The summed E-state index contributed by atoms with van der Waals surface area (Å²) in [5.41, 5.74) is 6.65. The quantitative estimate of drug-likeness (QED) is 0.811. The summed E-state index contributed by atoms with van der Waals surface area (Å²) in [5, 5.41) is 3.25. The Morgan fingerprint density at radius 1 is 1.28 bits per heavy atom. The van der Waals surface area contributed by atoms with Crippen LogP contribution in [0.15, 0.2) is 6.07 Å². The van der Waals surface area contributed by atoms with Gasteiger partial charge in [0, 0.05) is 23.8 Å². The van der Waals surface area contributed by atoms with Gasteiger partial charge in [-0.3, -0.25) is 0 Å². The molecule has 0 spiro atoms. The van der Waals surface area contributed by atoms with Gasteiger partial charge in [0.05, 0.1) is 6.10 Å². The molecule has 2 atom stereocenters. The fourth-order valence-corrected chi connectivity index (χ4v) is 1.74. The van der Waals surface area contributed by atoms with Crippen LogP contribution in [-0.2, 0) is 0 Å². The van der Waals surface area contributed by atoms with E-state index in [1.165, 1.54) is 0 Å². The summed E-state index contributed by atoms with van der Waals surface area (Å²) in [6, 6.07) is 2.23. The average molecular weight is 252 g/mol. The van der Waals surface area contributed by atoms with Gasteiger partial charge in [0.1, 0.15) is 0 Å². The molecule has 18 heavy (non-hydrogen) atoms. The SMILES string of the molecule is Cc1cc(OC(C)C)nc(NC(C)CC(C)N)n1. The molecule has 0 saturated heterocycles. The first-order valence-electron chi connectivity index (χ1n) is 6.41. The molecular formula is C13H24N4O. The summed E-state index contributed by atoms with van der Waals surface area (Å²) in [7, 11) is 0. The number of aryl methyl sites for hydroxylation is 1. The molecule has 1 rings (SSSR count). The van der Waals surface area contributed by atoms with Crippen molar-refractivity contribution in [2.24, 2.45) is 5.73 Å². The number of aromatic nitrogens is 2. The normalized spacial score (nSPS) is 14.4. The van der Waals surface area contributed by atoms with Crippen molar-refractivity contribution in [1.82, 2.24) is 9.97 Å². The molecule has 0 aliphatic rings. The third-order valence-electron chi connectivity index (χ3n) is 2.29. The number of rotatable bonds is 6. The van der Waals surface area contributed by atoms with Gasteiger partial charge in [-0.25, -0.2) is 4.98 Å². The highest BCUT2D eigenvalue weighted by atomic mass is 16.5. The second kappa shape index (κ2) is 6.54. The molecule has 0 amide bonds. The zero-order chi connectivity index (χ0) is 13.7. The summed E-state index contributed by atoms with van der Waals surface area (Å²) in [6.07, 6.45) is 0.978. The molecule has 5 heteroatoms. The number of ether oxygens (including phenoxy) is 1. The van der Waals surface area contributed by atoms with Crippen molar-refractivity contribution in [1.29, 1.82) is 0 Å². The monoisotopic (exact) mass is 252 g/mol. The first-order valence-corrected chi connectivity index (χ1v) is 6.41. The van der Waals surface area contributed by atoms with Gasteiger partial charge in [0.15, 0.2) is 0 Å². The Morgan fingerprint density at radius 3 is 2.50 bits per heavy atom. The molecule has 1 aromatic rings. The van der Waals surface area contributed by atoms with E-state index < -0.39 is 0 Å². The highest BCUT2D eigenvalue weighted by molar-refractivity contribution is 5.31. The van der Waals surface area contributed by atoms with Gasteiger partial charge >= 0.3 is 0 Å². The van der Waals surface area contributed by atoms with Crippen LogP contribution in [-0.4, -0.2) is 28.2 Å². The molecule has 102 valence electrons. The van der Waals surface area contributed by atoms with Crippen molar-refractivity contribution in [3.05, 3.63) is 11.8 Å². The first kappa shape index (κ1) is 14.7. The van der Waals surface area contributed by atoms with Crippen LogP contribution < -0.4 is 15.8 Å². The second-order valence-electron chi connectivity index (χ2n) is 5.10. The van der Waals surface area contributed by atoms with E-state index in [0.717, 1.165) is 12.1 Å². The molecule has 0 bridgehead atoms. The summed E-state index contributed by atoms with van der Waals surface area (Å²) >= 11 is 0. The van der Waals surface area contributed by atoms with Crippen molar-refractivity contribution >= 4 is 5.95 Å². The van der Waals surface area contributed by atoms with Crippen LogP contribution in [0, 0.1) is 6.92 Å². The molecule has 1 heterocycles. The maximum Gasteiger partial charge on any atom is 0.226 e. The van der Waals surface area contributed by atoms with Crippen LogP contribution in [0.4, 0.5) is 5.95 Å². The molecular weight excluding hydrogens is 228 g/mol. The Balaban J connectivity index is 2.73. The van der Waals surface area contributed by atoms with E-state index in [1.807, 2.05) is 33.8 Å². The van der Waals surface area contributed by atoms with Gasteiger partial charge in [0.2, 0.25) is 11.8 Å². The number of nitrogens with zero attached hydrogens (tertiary/aromatic N) is 2. The predicted molar refractivity (Wildman–Crippen MR) is 73.9 cm³/mol. The van der Waals surface area contributed by atoms with Crippen molar-refractivity contribution in [3.8, 4) is 5.88 Å². The van der Waals surface area contributed by atoms with E-state index in [4.69, 9.17) is 10.5 Å². The largest absolute Gasteiger partial charge is 0.475 e. The lowest BCUT2D eigenvalue weighted by molar-refractivity contribution is 0.232. The molecule has 0 aromatic carbocycles. The Bertz CT molecular complexity index is 379. The van der Waals surface area contributed by atoms with Gasteiger partial charge in [-0.05, 0) is 41.0 Å². The van der Waals surface area contributed by atoms with Crippen LogP contribution in [0.1, 0.15) is 39.8 Å². The van der Waals surface area contributed by atoms with Crippen molar-refractivity contribution < 1.29 is 4.74 Å². The minimum Gasteiger partial charge on any atom is -0.475 e. The van der Waals surface area contributed by atoms with E-state index in [9.17, 15) is 0 Å². The van der Waals surface area contributed by atoms with Crippen molar-refractivity contribution in [3.63, 3.8) is 0 Å². The Hall–Kier alpha value is -1.36. The maximum absolute atomic E-state index is 5.77. The third kappa shape index (κ3) is 5.31. The van der Waals surface area contributed by atoms with Gasteiger partial charge < -0.3 is 15.8 Å². The number of anilines is 1. The van der Waals surface area contributed by atoms with Crippen molar-refractivity contribution in [2.45, 2.75) is 59.2 Å². The third-order valence-corrected chi connectivity index (χ3v) is 2.29. The maximum atomic E-state index is 5.77. The van der Waals surface area contributed by atoms with Gasteiger partial charge in [0.25, 0.3) is 0 Å². The van der Waals surface area contributed by atoms with E-state index in [-0.39, 0.29) is 18.2 Å². The number of hydrogen-bond donors (Lipinski definition) is 2. The molecule has 0 radical (unpaired) electrons. The molecule has 0 fully saturated rings. The summed E-state index contributed by atoms with van der Waals surface area (Å²) in [6.45, 7) is 9.93. The number of hydrogen-bond acceptors (Lipinski definition) is 5. The van der Waals surface area contributed by atoms with Gasteiger partial charge in [-0.1, -0.05) is 0 Å². The Morgan fingerprint density at radius 2 is 1.94 bits per heavy atom. The molecule has 2 unspecified atom stereocenters. The Labute approximate surface area is 109 Å². The highest BCUT2D eigenvalue weighted by Gasteiger charge is 2.09. The van der Waals surface area contributed by atoms with E-state index in [0.29, 0.717) is 11.8 Å². The van der Waals surface area contributed by atoms with Crippen LogP contribution in [0.5, 0.6) is 5.88 Å². The number of nitrogens with two attached hydrogens (primary N) is 1. The minimum atomic E-state index is 0.105. The molecule has 1 aromatic heterocycles. The van der Waals surface area contributed by atoms with Gasteiger partial charge in [-0.2, -0.15) is 4.98 Å². The van der Waals surface area contributed by atoms with Crippen LogP contribution >= 0.6 is 0 Å². The fourth-order valence-electron chi connectivity index (χ4n) is 1.74. The van der Waals surface area contributed by atoms with E-state index in [2.05, 4.69) is 22.2 Å². The molecule has 0 aliphatic carbocycles. The average Bonchev–Trinajstić information content (AvgIpc) is 2.12.